The summed E-state index contributed by atoms with van der Waals surface area (Å²) in [5, 5.41) is 7.09. The number of ether oxygens (including phenoxy) is 1. The number of benzene rings is 2. The zero-order chi connectivity index (χ0) is 22.3. The van der Waals surface area contributed by atoms with Gasteiger partial charge in [0.1, 0.15) is 5.76 Å². The zero-order valence-corrected chi connectivity index (χ0v) is 19.4. The van der Waals surface area contributed by atoms with E-state index in [-0.39, 0.29) is 12.0 Å². The van der Waals surface area contributed by atoms with E-state index in [2.05, 4.69) is 39.6 Å². The number of aromatic nitrogens is 1. The molecule has 1 unspecified atom stereocenters. The fraction of sp³-hybridized carbons (Fsp3) is 0.360. The molecule has 0 saturated carbocycles. The summed E-state index contributed by atoms with van der Waals surface area (Å²) in [6.45, 7) is 7.63. The summed E-state index contributed by atoms with van der Waals surface area (Å²) < 4.78 is 11.2. The summed E-state index contributed by atoms with van der Waals surface area (Å²) >= 11 is 1.62. The van der Waals surface area contributed by atoms with Crippen molar-refractivity contribution in [2.75, 3.05) is 26.2 Å². The molecule has 2 aromatic carbocycles. The Balaban J connectivity index is 1.32. The van der Waals surface area contributed by atoms with Gasteiger partial charge < -0.3 is 14.6 Å². The first-order valence-corrected chi connectivity index (χ1v) is 11.9. The van der Waals surface area contributed by atoms with Gasteiger partial charge in [-0.2, -0.15) is 0 Å². The van der Waals surface area contributed by atoms with Crippen LogP contribution in [-0.2, 0) is 17.0 Å². The van der Waals surface area contributed by atoms with Gasteiger partial charge in [-0.15, -0.1) is 11.8 Å². The predicted octanol–water partition coefficient (Wildman–Crippen LogP) is 4.21. The highest BCUT2D eigenvalue weighted by molar-refractivity contribution is 7.98. The highest BCUT2D eigenvalue weighted by Gasteiger charge is 2.22. The van der Waals surface area contributed by atoms with Crippen LogP contribution in [0.2, 0.25) is 0 Å². The van der Waals surface area contributed by atoms with Crippen molar-refractivity contribution in [3.8, 4) is 0 Å². The van der Waals surface area contributed by atoms with Gasteiger partial charge in [-0.3, -0.25) is 9.69 Å². The Hall–Kier alpha value is -2.61. The van der Waals surface area contributed by atoms with Gasteiger partial charge >= 0.3 is 0 Å². The van der Waals surface area contributed by atoms with Crippen molar-refractivity contribution in [1.29, 1.82) is 0 Å². The molecule has 1 atom stereocenters. The molecule has 1 N–H and O–H groups in total. The molecule has 0 aliphatic carbocycles. The lowest BCUT2D eigenvalue weighted by atomic mass is 10.2. The van der Waals surface area contributed by atoms with Gasteiger partial charge in [-0.1, -0.05) is 47.6 Å². The van der Waals surface area contributed by atoms with Gasteiger partial charge in [0, 0.05) is 42.4 Å². The van der Waals surface area contributed by atoms with E-state index in [0.717, 1.165) is 41.5 Å². The molecular formula is C25H29N3O3S. The lowest BCUT2D eigenvalue weighted by Gasteiger charge is -2.33. The Morgan fingerprint density at radius 2 is 1.94 bits per heavy atom. The number of rotatable bonds is 8. The van der Waals surface area contributed by atoms with Crippen molar-refractivity contribution in [3.05, 3.63) is 82.7 Å². The smallest absolute Gasteiger partial charge is 0.252 e. The average Bonchev–Trinajstić information content (AvgIpc) is 3.14. The summed E-state index contributed by atoms with van der Waals surface area (Å²) in [6, 6.07) is 18.2. The molecule has 32 heavy (non-hydrogen) atoms. The minimum Gasteiger partial charge on any atom is -0.374 e. The van der Waals surface area contributed by atoms with Crippen molar-refractivity contribution < 1.29 is 14.1 Å². The minimum absolute atomic E-state index is 0.0152. The average molecular weight is 452 g/mol. The number of hydrogen-bond acceptors (Lipinski definition) is 6. The molecule has 1 aliphatic heterocycles. The van der Waals surface area contributed by atoms with Crippen molar-refractivity contribution in [2.24, 2.45) is 0 Å². The summed E-state index contributed by atoms with van der Waals surface area (Å²) in [5.74, 6) is 1.47. The molecule has 0 bridgehead atoms. The van der Waals surface area contributed by atoms with Crippen molar-refractivity contribution in [3.63, 3.8) is 0 Å². The number of carbonyl (C=O) groups is 1. The van der Waals surface area contributed by atoms with E-state index < -0.39 is 0 Å². The second-order valence-electron chi connectivity index (χ2n) is 8.01. The summed E-state index contributed by atoms with van der Waals surface area (Å²) in [5.41, 5.74) is 3.95. The molecule has 1 aliphatic rings. The van der Waals surface area contributed by atoms with Crippen LogP contribution in [0, 0.1) is 13.8 Å². The molecule has 3 aromatic rings. The third-order valence-electron chi connectivity index (χ3n) is 5.65. The highest BCUT2D eigenvalue weighted by Crippen LogP contribution is 2.28. The van der Waals surface area contributed by atoms with Crippen LogP contribution in [0.1, 0.15) is 32.9 Å². The third kappa shape index (κ3) is 5.79. The van der Waals surface area contributed by atoms with E-state index in [9.17, 15) is 4.79 Å². The van der Waals surface area contributed by atoms with Crippen LogP contribution in [0.25, 0.3) is 0 Å². The van der Waals surface area contributed by atoms with Crippen LogP contribution in [-0.4, -0.2) is 48.3 Å². The molecule has 0 radical (unpaired) electrons. The van der Waals surface area contributed by atoms with E-state index in [1.807, 2.05) is 44.2 Å². The van der Waals surface area contributed by atoms with Gasteiger partial charge in [-0.25, -0.2) is 0 Å². The number of carbonyl (C=O) groups excluding carboxylic acids is 1. The number of aryl methyl sites for hydroxylation is 2. The highest BCUT2D eigenvalue weighted by atomic mass is 32.2. The van der Waals surface area contributed by atoms with Crippen molar-refractivity contribution >= 4 is 17.7 Å². The number of nitrogens with zero attached hydrogens (tertiary/aromatic N) is 2. The molecule has 6 nitrogen and oxygen atoms in total. The SMILES string of the molecule is Cc1noc(C)c1CSc1ccccc1C(=O)NCC1CN(Cc2ccccc2)CCO1. The van der Waals surface area contributed by atoms with E-state index in [1.54, 1.807) is 11.8 Å². The Morgan fingerprint density at radius 1 is 1.16 bits per heavy atom. The number of morpholine rings is 1. The second-order valence-corrected chi connectivity index (χ2v) is 9.03. The standard InChI is InChI=1S/C25H29N3O3S/c1-18-23(19(2)31-27-18)17-32-24-11-7-6-10-22(24)25(29)26-14-21-16-28(12-13-30-21)15-20-8-4-3-5-9-20/h3-11,21H,12-17H2,1-2H3,(H,26,29). The number of hydrogen-bond donors (Lipinski definition) is 1. The molecule has 2 heterocycles. The molecule has 1 aromatic heterocycles. The van der Waals surface area contributed by atoms with Crippen LogP contribution in [0.4, 0.5) is 0 Å². The number of thioether (sulfide) groups is 1. The molecule has 4 rings (SSSR count). The first-order valence-electron chi connectivity index (χ1n) is 10.9. The lowest BCUT2D eigenvalue weighted by Crippen LogP contribution is -2.47. The van der Waals surface area contributed by atoms with Crippen LogP contribution >= 0.6 is 11.8 Å². The van der Waals surface area contributed by atoms with E-state index in [4.69, 9.17) is 9.26 Å². The Labute approximate surface area is 193 Å². The molecule has 1 fully saturated rings. The molecule has 1 amide bonds. The fourth-order valence-corrected chi connectivity index (χ4v) is 5.03. The van der Waals surface area contributed by atoms with Crippen LogP contribution in [0.3, 0.4) is 0 Å². The van der Waals surface area contributed by atoms with Gasteiger partial charge in [-0.05, 0) is 31.5 Å². The topological polar surface area (TPSA) is 67.6 Å². The van der Waals surface area contributed by atoms with Crippen LogP contribution < -0.4 is 5.32 Å². The normalized spacial score (nSPS) is 16.8. The monoisotopic (exact) mass is 451 g/mol. The summed E-state index contributed by atoms with van der Waals surface area (Å²) in [6.07, 6.45) is -0.0152. The zero-order valence-electron chi connectivity index (χ0n) is 18.5. The molecular weight excluding hydrogens is 422 g/mol. The van der Waals surface area contributed by atoms with Crippen LogP contribution in [0.15, 0.2) is 64.0 Å². The first-order chi connectivity index (χ1) is 15.6. The first kappa shape index (κ1) is 22.6. The summed E-state index contributed by atoms with van der Waals surface area (Å²) in [4.78, 5) is 16.3. The van der Waals surface area contributed by atoms with Gasteiger partial charge in [0.25, 0.3) is 5.91 Å². The maximum absolute atomic E-state index is 13.0. The Bertz CT molecular complexity index is 1020. The molecule has 168 valence electrons. The maximum Gasteiger partial charge on any atom is 0.252 e. The van der Waals surface area contributed by atoms with E-state index >= 15 is 0 Å². The summed E-state index contributed by atoms with van der Waals surface area (Å²) in [7, 11) is 0. The Morgan fingerprint density at radius 3 is 2.72 bits per heavy atom. The third-order valence-corrected chi connectivity index (χ3v) is 6.75. The van der Waals surface area contributed by atoms with Crippen LogP contribution in [0.5, 0.6) is 0 Å². The van der Waals surface area contributed by atoms with Crippen molar-refractivity contribution in [2.45, 2.75) is 37.1 Å². The lowest BCUT2D eigenvalue weighted by molar-refractivity contribution is -0.0292. The fourth-order valence-electron chi connectivity index (χ4n) is 3.83. The van der Waals surface area contributed by atoms with E-state index in [1.165, 1.54) is 5.56 Å². The predicted molar refractivity (Wildman–Crippen MR) is 126 cm³/mol. The molecule has 7 heteroatoms. The van der Waals surface area contributed by atoms with Gasteiger partial charge in [0.05, 0.1) is 24.0 Å². The molecule has 1 saturated heterocycles. The quantitative estimate of drug-likeness (QED) is 0.518. The van der Waals surface area contributed by atoms with Gasteiger partial charge in [0.2, 0.25) is 0 Å². The number of nitrogens with one attached hydrogen (secondary N) is 1. The van der Waals surface area contributed by atoms with Gasteiger partial charge in [0.15, 0.2) is 0 Å². The largest absolute Gasteiger partial charge is 0.374 e. The number of amides is 1. The minimum atomic E-state index is -0.0735. The Kier molecular flexibility index (Phi) is 7.63. The second kappa shape index (κ2) is 10.8. The van der Waals surface area contributed by atoms with Crippen molar-refractivity contribution in [1.82, 2.24) is 15.4 Å². The molecule has 0 spiro atoms. The van der Waals surface area contributed by atoms with E-state index in [0.29, 0.717) is 24.5 Å². The maximum atomic E-state index is 13.0.